The van der Waals surface area contributed by atoms with Crippen LogP contribution >= 0.6 is 11.6 Å². The zero-order valence-corrected chi connectivity index (χ0v) is 7.69. The Bertz CT molecular complexity index is 125. The predicted molar refractivity (Wildman–Crippen MR) is 50.1 cm³/mol. The van der Waals surface area contributed by atoms with Crippen LogP contribution in [0, 0.1) is 0 Å². The summed E-state index contributed by atoms with van der Waals surface area (Å²) in [6.45, 7) is 6.00. The number of alkyl halides is 1. The zero-order chi connectivity index (χ0) is 8.10. The van der Waals surface area contributed by atoms with Gasteiger partial charge in [0.1, 0.15) is 0 Å². The van der Waals surface area contributed by atoms with E-state index in [2.05, 4.69) is 11.5 Å². The number of nitrogens with zero attached hydrogens (tertiary/aromatic N) is 1. The smallest absolute Gasteiger partial charge is 0.0238 e. The van der Waals surface area contributed by atoms with Gasteiger partial charge in [-0.25, -0.2) is 0 Å². The number of halogens is 1. The van der Waals surface area contributed by atoms with Crippen molar-refractivity contribution in [1.82, 2.24) is 4.90 Å². The average Bonchev–Trinajstić information content (AvgIpc) is 2.39. The summed E-state index contributed by atoms with van der Waals surface area (Å²) in [5.41, 5.74) is 0. The molecule has 1 saturated heterocycles. The molecular weight excluding hydrogens is 158 g/mol. The van der Waals surface area contributed by atoms with Gasteiger partial charge in [0.25, 0.3) is 0 Å². The van der Waals surface area contributed by atoms with Crippen molar-refractivity contribution in [2.75, 3.05) is 19.0 Å². The standard InChI is InChI=1S/C9H16ClN/c1-2-7-11-8-3-4-9(11)5-6-10/h2,9H,1,3-8H2. The van der Waals surface area contributed by atoms with Gasteiger partial charge in [0.05, 0.1) is 0 Å². The Labute approximate surface area is 74.0 Å². The molecule has 0 aliphatic carbocycles. The molecule has 0 amide bonds. The van der Waals surface area contributed by atoms with Gasteiger partial charge in [-0.05, 0) is 25.8 Å². The Balaban J connectivity index is 2.31. The van der Waals surface area contributed by atoms with Crippen LogP contribution in [0.15, 0.2) is 12.7 Å². The summed E-state index contributed by atoms with van der Waals surface area (Å²) in [6.07, 6.45) is 5.76. The lowest BCUT2D eigenvalue weighted by molar-refractivity contribution is 0.276. The summed E-state index contributed by atoms with van der Waals surface area (Å²) in [5.74, 6) is 0.790. The first-order chi connectivity index (χ1) is 5.38. The Morgan fingerprint density at radius 3 is 3.09 bits per heavy atom. The fourth-order valence-corrected chi connectivity index (χ4v) is 2.01. The van der Waals surface area contributed by atoms with Crippen molar-refractivity contribution in [2.45, 2.75) is 25.3 Å². The van der Waals surface area contributed by atoms with E-state index in [1.807, 2.05) is 6.08 Å². The molecule has 11 heavy (non-hydrogen) atoms. The van der Waals surface area contributed by atoms with Gasteiger partial charge < -0.3 is 0 Å². The predicted octanol–water partition coefficient (Wildman–Crippen LogP) is 2.27. The summed E-state index contributed by atoms with van der Waals surface area (Å²) in [7, 11) is 0. The topological polar surface area (TPSA) is 3.24 Å². The molecule has 2 heteroatoms. The Kier molecular flexibility index (Phi) is 3.95. The lowest BCUT2D eigenvalue weighted by atomic mass is 10.2. The van der Waals surface area contributed by atoms with Crippen LogP contribution in [0.25, 0.3) is 0 Å². The molecule has 1 atom stereocenters. The molecule has 0 N–H and O–H groups in total. The average molecular weight is 174 g/mol. The Morgan fingerprint density at radius 1 is 1.64 bits per heavy atom. The second kappa shape index (κ2) is 4.78. The summed E-state index contributed by atoms with van der Waals surface area (Å²) >= 11 is 5.69. The first-order valence-corrected chi connectivity index (χ1v) is 4.83. The maximum Gasteiger partial charge on any atom is 0.0238 e. The quantitative estimate of drug-likeness (QED) is 0.466. The minimum Gasteiger partial charge on any atom is -0.297 e. The van der Waals surface area contributed by atoms with Crippen LogP contribution in [0.2, 0.25) is 0 Å². The third-order valence-electron chi connectivity index (χ3n) is 2.31. The van der Waals surface area contributed by atoms with Crippen molar-refractivity contribution < 1.29 is 0 Å². The van der Waals surface area contributed by atoms with Gasteiger partial charge in [-0.1, -0.05) is 6.08 Å². The van der Waals surface area contributed by atoms with Gasteiger partial charge in [0, 0.05) is 18.5 Å². The van der Waals surface area contributed by atoms with Gasteiger partial charge in [-0.15, -0.1) is 18.2 Å². The third-order valence-corrected chi connectivity index (χ3v) is 2.52. The molecule has 1 unspecified atom stereocenters. The monoisotopic (exact) mass is 173 g/mol. The molecule has 1 heterocycles. The summed E-state index contributed by atoms with van der Waals surface area (Å²) in [5, 5.41) is 0. The van der Waals surface area contributed by atoms with E-state index in [0.29, 0.717) is 0 Å². The van der Waals surface area contributed by atoms with Crippen LogP contribution in [0.4, 0.5) is 0 Å². The van der Waals surface area contributed by atoms with Gasteiger partial charge in [-0.3, -0.25) is 4.90 Å². The van der Waals surface area contributed by atoms with Crippen LogP contribution < -0.4 is 0 Å². The number of hydrogen-bond acceptors (Lipinski definition) is 1. The molecule has 1 fully saturated rings. The fourth-order valence-electron chi connectivity index (χ4n) is 1.75. The normalized spacial score (nSPS) is 25.7. The van der Waals surface area contributed by atoms with E-state index in [0.717, 1.165) is 24.9 Å². The van der Waals surface area contributed by atoms with Crippen LogP contribution in [-0.4, -0.2) is 29.9 Å². The van der Waals surface area contributed by atoms with E-state index in [1.54, 1.807) is 0 Å². The summed E-state index contributed by atoms with van der Waals surface area (Å²) in [4.78, 5) is 2.47. The molecule has 0 aromatic heterocycles. The van der Waals surface area contributed by atoms with Crippen LogP contribution in [0.5, 0.6) is 0 Å². The largest absolute Gasteiger partial charge is 0.297 e. The van der Waals surface area contributed by atoms with Gasteiger partial charge in [0.2, 0.25) is 0 Å². The highest BCUT2D eigenvalue weighted by Crippen LogP contribution is 2.19. The van der Waals surface area contributed by atoms with Crippen LogP contribution in [0.3, 0.4) is 0 Å². The lowest BCUT2D eigenvalue weighted by Gasteiger charge is -2.21. The Morgan fingerprint density at radius 2 is 2.45 bits per heavy atom. The highest BCUT2D eigenvalue weighted by atomic mass is 35.5. The zero-order valence-electron chi connectivity index (χ0n) is 6.93. The number of likely N-dealkylation sites (tertiary alicyclic amines) is 1. The van der Waals surface area contributed by atoms with E-state index in [4.69, 9.17) is 11.6 Å². The first kappa shape index (κ1) is 9.08. The van der Waals surface area contributed by atoms with Gasteiger partial charge >= 0.3 is 0 Å². The molecule has 0 spiro atoms. The van der Waals surface area contributed by atoms with Crippen molar-refractivity contribution >= 4 is 11.6 Å². The minimum atomic E-state index is 0.727. The lowest BCUT2D eigenvalue weighted by Crippen LogP contribution is -2.29. The van der Waals surface area contributed by atoms with Gasteiger partial charge in [0.15, 0.2) is 0 Å². The van der Waals surface area contributed by atoms with E-state index in [9.17, 15) is 0 Å². The van der Waals surface area contributed by atoms with E-state index >= 15 is 0 Å². The molecule has 0 bridgehead atoms. The highest BCUT2D eigenvalue weighted by Gasteiger charge is 2.21. The van der Waals surface area contributed by atoms with Crippen LogP contribution in [-0.2, 0) is 0 Å². The molecule has 0 radical (unpaired) electrons. The third kappa shape index (κ3) is 2.49. The van der Waals surface area contributed by atoms with E-state index in [-0.39, 0.29) is 0 Å². The number of rotatable bonds is 4. The van der Waals surface area contributed by atoms with Crippen molar-refractivity contribution in [1.29, 1.82) is 0 Å². The second-order valence-corrected chi connectivity index (χ2v) is 3.44. The molecule has 1 aliphatic rings. The molecule has 0 saturated carbocycles. The van der Waals surface area contributed by atoms with E-state index < -0.39 is 0 Å². The molecule has 0 aromatic rings. The van der Waals surface area contributed by atoms with Gasteiger partial charge in [-0.2, -0.15) is 0 Å². The van der Waals surface area contributed by atoms with Crippen molar-refractivity contribution in [3.8, 4) is 0 Å². The highest BCUT2D eigenvalue weighted by molar-refractivity contribution is 6.17. The summed E-state index contributed by atoms with van der Waals surface area (Å²) < 4.78 is 0. The summed E-state index contributed by atoms with van der Waals surface area (Å²) in [6, 6.07) is 0.727. The Hall–Kier alpha value is -0.0100. The van der Waals surface area contributed by atoms with Crippen molar-refractivity contribution in [2.24, 2.45) is 0 Å². The molecule has 64 valence electrons. The maximum atomic E-state index is 5.69. The van der Waals surface area contributed by atoms with Crippen molar-refractivity contribution in [3.63, 3.8) is 0 Å². The number of hydrogen-bond donors (Lipinski definition) is 0. The SMILES string of the molecule is C=CCN1CCCC1CCCl. The molecule has 0 aromatic carbocycles. The minimum absolute atomic E-state index is 0.727. The molecule has 1 aliphatic heterocycles. The van der Waals surface area contributed by atoms with Crippen LogP contribution in [0.1, 0.15) is 19.3 Å². The van der Waals surface area contributed by atoms with E-state index in [1.165, 1.54) is 19.4 Å². The fraction of sp³-hybridized carbons (Fsp3) is 0.778. The van der Waals surface area contributed by atoms with Crippen molar-refractivity contribution in [3.05, 3.63) is 12.7 Å². The molecular formula is C9H16ClN. The second-order valence-electron chi connectivity index (χ2n) is 3.06. The molecule has 1 nitrogen and oxygen atoms in total. The maximum absolute atomic E-state index is 5.69. The molecule has 1 rings (SSSR count). The first-order valence-electron chi connectivity index (χ1n) is 4.29.